The monoisotopic (exact) mass is 294 g/mol. The second kappa shape index (κ2) is 4.75. The van der Waals surface area contributed by atoms with Crippen molar-refractivity contribution in [1.82, 2.24) is 10.4 Å². The standard InChI is InChI=1S/C14H16F2N4O/c1-8-10(5-17-19-9(2)21)3-4-13(18-8)20-6-11-12(7-20)14(11,15)16/h3-5,11-12H,6-7H2,1-2H3,(H,19,21). The zero-order valence-electron chi connectivity index (χ0n) is 11.8. The molecule has 3 rings (SSSR count). The number of hydrogen-bond donors (Lipinski definition) is 1. The van der Waals surface area contributed by atoms with E-state index in [1.54, 1.807) is 6.07 Å². The SMILES string of the molecule is CC(=O)NN=Cc1ccc(N2CC3C(C2)C3(F)F)nc1C. The van der Waals surface area contributed by atoms with Crippen molar-refractivity contribution in [1.29, 1.82) is 0 Å². The van der Waals surface area contributed by atoms with E-state index in [1.807, 2.05) is 17.9 Å². The lowest BCUT2D eigenvalue weighted by atomic mass is 10.2. The van der Waals surface area contributed by atoms with Gasteiger partial charge in [-0.05, 0) is 19.1 Å². The molecule has 0 radical (unpaired) electrons. The van der Waals surface area contributed by atoms with E-state index >= 15 is 0 Å². The third-order valence-electron chi connectivity index (χ3n) is 4.06. The summed E-state index contributed by atoms with van der Waals surface area (Å²) in [5.41, 5.74) is 3.84. The van der Waals surface area contributed by atoms with Crippen LogP contribution in [0.2, 0.25) is 0 Å². The van der Waals surface area contributed by atoms with Gasteiger partial charge in [0.25, 0.3) is 5.92 Å². The molecule has 2 heterocycles. The normalized spacial score (nSPS) is 26.0. The van der Waals surface area contributed by atoms with Gasteiger partial charge in [0.1, 0.15) is 5.82 Å². The van der Waals surface area contributed by atoms with Crippen LogP contribution >= 0.6 is 0 Å². The molecular weight excluding hydrogens is 278 g/mol. The first kappa shape index (κ1) is 13.9. The number of halogens is 2. The maximum absolute atomic E-state index is 13.2. The van der Waals surface area contributed by atoms with Crippen molar-refractivity contribution in [2.24, 2.45) is 16.9 Å². The summed E-state index contributed by atoms with van der Waals surface area (Å²) in [6.07, 6.45) is 1.52. The average molecular weight is 294 g/mol. The number of rotatable bonds is 3. The molecule has 112 valence electrons. The van der Waals surface area contributed by atoms with E-state index in [0.717, 1.165) is 11.3 Å². The number of piperidine rings is 1. The number of aromatic nitrogens is 1. The Balaban J connectivity index is 1.68. The smallest absolute Gasteiger partial charge is 0.258 e. The van der Waals surface area contributed by atoms with Crippen LogP contribution in [0.5, 0.6) is 0 Å². The highest BCUT2D eigenvalue weighted by molar-refractivity contribution is 5.83. The number of anilines is 1. The first-order valence-corrected chi connectivity index (χ1v) is 6.79. The summed E-state index contributed by atoms with van der Waals surface area (Å²) in [5.74, 6) is -3.03. The predicted octanol–water partition coefficient (Wildman–Crippen LogP) is 1.56. The Kier molecular flexibility index (Phi) is 3.15. The van der Waals surface area contributed by atoms with Crippen molar-refractivity contribution in [3.8, 4) is 0 Å². The lowest BCUT2D eigenvalue weighted by Gasteiger charge is -2.21. The fourth-order valence-electron chi connectivity index (χ4n) is 2.76. The molecule has 5 nitrogen and oxygen atoms in total. The van der Waals surface area contributed by atoms with Gasteiger partial charge in [-0.2, -0.15) is 5.10 Å². The highest BCUT2D eigenvalue weighted by atomic mass is 19.3. The Labute approximate surface area is 121 Å². The van der Waals surface area contributed by atoms with Gasteiger partial charge in [0.2, 0.25) is 5.91 Å². The average Bonchev–Trinajstić information content (AvgIpc) is 2.79. The molecule has 7 heteroatoms. The minimum atomic E-state index is -2.48. The number of fused-ring (bicyclic) bond motifs is 1. The maximum Gasteiger partial charge on any atom is 0.258 e. The summed E-state index contributed by atoms with van der Waals surface area (Å²) in [4.78, 5) is 17.1. The van der Waals surface area contributed by atoms with Gasteiger partial charge < -0.3 is 4.90 Å². The molecule has 1 saturated carbocycles. The summed E-state index contributed by atoms with van der Waals surface area (Å²) in [6, 6.07) is 3.62. The van der Waals surface area contributed by atoms with Gasteiger partial charge in [0.05, 0.1) is 18.1 Å². The van der Waals surface area contributed by atoms with Crippen LogP contribution in [0.3, 0.4) is 0 Å². The predicted molar refractivity (Wildman–Crippen MR) is 74.5 cm³/mol. The second-order valence-electron chi connectivity index (χ2n) is 5.56. The minimum absolute atomic E-state index is 0.245. The van der Waals surface area contributed by atoms with Crippen LogP contribution in [0.4, 0.5) is 14.6 Å². The topological polar surface area (TPSA) is 57.6 Å². The van der Waals surface area contributed by atoms with E-state index < -0.39 is 17.8 Å². The quantitative estimate of drug-likeness (QED) is 0.680. The number of carbonyl (C=O) groups excluding carboxylic acids is 1. The highest BCUT2D eigenvalue weighted by Gasteiger charge is 2.71. The van der Waals surface area contributed by atoms with Crippen molar-refractivity contribution in [2.75, 3.05) is 18.0 Å². The molecule has 1 aromatic rings. The lowest BCUT2D eigenvalue weighted by molar-refractivity contribution is -0.118. The first-order valence-electron chi connectivity index (χ1n) is 6.79. The van der Waals surface area contributed by atoms with Crippen molar-refractivity contribution in [2.45, 2.75) is 19.8 Å². The molecule has 21 heavy (non-hydrogen) atoms. The van der Waals surface area contributed by atoms with Crippen LogP contribution in [-0.4, -0.2) is 36.1 Å². The maximum atomic E-state index is 13.2. The Morgan fingerprint density at radius 1 is 1.48 bits per heavy atom. The van der Waals surface area contributed by atoms with Crippen molar-refractivity contribution in [3.05, 3.63) is 23.4 Å². The Morgan fingerprint density at radius 3 is 2.71 bits per heavy atom. The van der Waals surface area contributed by atoms with Crippen LogP contribution < -0.4 is 10.3 Å². The van der Waals surface area contributed by atoms with Gasteiger partial charge in [-0.15, -0.1) is 0 Å². The number of amides is 1. The van der Waals surface area contributed by atoms with Gasteiger partial charge in [-0.1, -0.05) is 0 Å². The summed E-state index contributed by atoms with van der Waals surface area (Å²) >= 11 is 0. The van der Waals surface area contributed by atoms with Crippen LogP contribution in [0, 0.1) is 18.8 Å². The molecule has 2 unspecified atom stereocenters. The number of aryl methyl sites for hydroxylation is 1. The van der Waals surface area contributed by atoms with E-state index in [0.29, 0.717) is 18.9 Å². The molecule has 0 spiro atoms. The lowest BCUT2D eigenvalue weighted by Crippen LogP contribution is -2.28. The molecule has 2 aliphatic rings. The molecule has 2 fully saturated rings. The summed E-state index contributed by atoms with van der Waals surface area (Å²) in [7, 11) is 0. The van der Waals surface area contributed by atoms with Crippen LogP contribution in [0.1, 0.15) is 18.2 Å². The summed E-state index contributed by atoms with van der Waals surface area (Å²) in [5, 5.41) is 3.79. The number of hydrogen-bond acceptors (Lipinski definition) is 4. The number of nitrogens with one attached hydrogen (secondary N) is 1. The number of pyridine rings is 1. The first-order chi connectivity index (χ1) is 9.89. The van der Waals surface area contributed by atoms with Gasteiger partial charge in [0, 0.05) is 31.3 Å². The second-order valence-corrected chi connectivity index (χ2v) is 5.56. The molecule has 1 aliphatic heterocycles. The van der Waals surface area contributed by atoms with E-state index in [2.05, 4.69) is 15.5 Å². The molecular formula is C14H16F2N4O. The molecule has 1 N–H and O–H groups in total. The van der Waals surface area contributed by atoms with Crippen molar-refractivity contribution in [3.63, 3.8) is 0 Å². The molecule has 1 saturated heterocycles. The van der Waals surface area contributed by atoms with E-state index in [-0.39, 0.29) is 5.91 Å². The number of alkyl halides is 2. The molecule has 0 aromatic carbocycles. The van der Waals surface area contributed by atoms with Gasteiger partial charge >= 0.3 is 0 Å². The number of nitrogens with zero attached hydrogens (tertiary/aromatic N) is 3. The zero-order chi connectivity index (χ0) is 15.2. The molecule has 2 atom stereocenters. The summed E-state index contributed by atoms with van der Waals surface area (Å²) < 4.78 is 26.4. The number of carbonyl (C=O) groups is 1. The fraction of sp³-hybridized carbons (Fsp3) is 0.500. The van der Waals surface area contributed by atoms with Crippen LogP contribution in [0.25, 0.3) is 0 Å². The Morgan fingerprint density at radius 2 is 2.14 bits per heavy atom. The Bertz CT molecular complexity index is 603. The largest absolute Gasteiger partial charge is 0.356 e. The summed E-state index contributed by atoms with van der Waals surface area (Å²) in [6.45, 7) is 3.93. The molecule has 1 aliphatic carbocycles. The van der Waals surface area contributed by atoms with E-state index in [1.165, 1.54) is 13.1 Å². The van der Waals surface area contributed by atoms with Crippen molar-refractivity contribution < 1.29 is 13.6 Å². The van der Waals surface area contributed by atoms with Gasteiger partial charge in [-0.25, -0.2) is 19.2 Å². The Hall–Kier alpha value is -2.05. The third kappa shape index (κ3) is 2.48. The minimum Gasteiger partial charge on any atom is -0.356 e. The fourth-order valence-corrected chi connectivity index (χ4v) is 2.76. The van der Waals surface area contributed by atoms with Gasteiger partial charge in [0.15, 0.2) is 0 Å². The number of hydrazone groups is 1. The zero-order valence-corrected chi connectivity index (χ0v) is 11.8. The van der Waals surface area contributed by atoms with E-state index in [9.17, 15) is 13.6 Å². The molecule has 1 amide bonds. The van der Waals surface area contributed by atoms with Gasteiger partial charge in [-0.3, -0.25) is 4.79 Å². The third-order valence-corrected chi connectivity index (χ3v) is 4.06. The molecule has 0 bridgehead atoms. The highest BCUT2D eigenvalue weighted by Crippen LogP contribution is 2.59. The molecule has 1 aromatic heterocycles. The van der Waals surface area contributed by atoms with Crippen LogP contribution in [-0.2, 0) is 4.79 Å². The van der Waals surface area contributed by atoms with Crippen LogP contribution in [0.15, 0.2) is 17.2 Å². The van der Waals surface area contributed by atoms with Crippen molar-refractivity contribution >= 4 is 17.9 Å². The van der Waals surface area contributed by atoms with E-state index in [4.69, 9.17) is 0 Å².